The molecule has 0 aromatic carbocycles. The summed E-state index contributed by atoms with van der Waals surface area (Å²) in [5, 5.41) is 15.5. The van der Waals surface area contributed by atoms with Crippen LogP contribution in [0.25, 0.3) is 0 Å². The van der Waals surface area contributed by atoms with Crippen molar-refractivity contribution >= 4 is 5.84 Å². The zero-order chi connectivity index (χ0) is 13.2. The Hall–Kier alpha value is -0.770. The van der Waals surface area contributed by atoms with Crippen molar-refractivity contribution in [1.82, 2.24) is 5.32 Å². The van der Waals surface area contributed by atoms with Gasteiger partial charge in [0.2, 0.25) is 0 Å². The number of hydrogen-bond acceptors (Lipinski definition) is 3. The molecular formula is C14H27N3O. The molecule has 0 amide bonds. The molecule has 0 saturated heterocycles. The summed E-state index contributed by atoms with van der Waals surface area (Å²) in [6.07, 6.45) is 7.07. The highest BCUT2D eigenvalue weighted by Gasteiger charge is 2.43. The fourth-order valence-electron chi connectivity index (χ4n) is 3.11. The van der Waals surface area contributed by atoms with Gasteiger partial charge in [0, 0.05) is 19.0 Å². The lowest BCUT2D eigenvalue weighted by Gasteiger charge is -2.33. The zero-order valence-electron chi connectivity index (χ0n) is 11.7. The lowest BCUT2D eigenvalue weighted by molar-refractivity contribution is 0.219. The maximum atomic E-state index is 8.65. The summed E-state index contributed by atoms with van der Waals surface area (Å²) < 4.78 is 0. The van der Waals surface area contributed by atoms with E-state index in [1.807, 2.05) is 0 Å². The fraction of sp³-hybridized carbons (Fsp3) is 0.929. The quantitative estimate of drug-likeness (QED) is 0.305. The Labute approximate surface area is 110 Å². The SMILES string of the molecule is CC1CCC(NCC2(CC(N)=NO)CC2)CC1C. The van der Waals surface area contributed by atoms with Crippen LogP contribution in [0.2, 0.25) is 0 Å². The molecule has 0 heterocycles. The molecule has 0 aromatic rings. The molecule has 0 bridgehead atoms. The van der Waals surface area contributed by atoms with Crippen LogP contribution in [0.15, 0.2) is 5.16 Å². The molecule has 3 atom stereocenters. The van der Waals surface area contributed by atoms with Crippen LogP contribution in [-0.4, -0.2) is 23.6 Å². The van der Waals surface area contributed by atoms with Gasteiger partial charge in [-0.15, -0.1) is 0 Å². The van der Waals surface area contributed by atoms with E-state index >= 15 is 0 Å². The minimum Gasteiger partial charge on any atom is -0.409 e. The van der Waals surface area contributed by atoms with E-state index in [0.717, 1.165) is 24.8 Å². The average molecular weight is 253 g/mol. The van der Waals surface area contributed by atoms with Gasteiger partial charge in [-0.25, -0.2) is 0 Å². The summed E-state index contributed by atoms with van der Waals surface area (Å²) in [4.78, 5) is 0. The third-order valence-corrected chi connectivity index (χ3v) is 5.01. The molecule has 2 fully saturated rings. The molecule has 0 radical (unpaired) electrons. The normalized spacial score (nSPS) is 35.4. The van der Waals surface area contributed by atoms with Crippen molar-refractivity contribution in [2.45, 2.75) is 58.4 Å². The third kappa shape index (κ3) is 3.37. The smallest absolute Gasteiger partial charge is 0.139 e. The van der Waals surface area contributed by atoms with Crippen LogP contribution in [0, 0.1) is 17.3 Å². The van der Waals surface area contributed by atoms with Gasteiger partial charge in [0.25, 0.3) is 0 Å². The van der Waals surface area contributed by atoms with E-state index in [2.05, 4.69) is 24.3 Å². The number of oxime groups is 1. The van der Waals surface area contributed by atoms with Crippen LogP contribution in [0.4, 0.5) is 0 Å². The summed E-state index contributed by atoms with van der Waals surface area (Å²) >= 11 is 0. The van der Waals surface area contributed by atoms with Gasteiger partial charge >= 0.3 is 0 Å². The first-order valence-corrected chi connectivity index (χ1v) is 7.24. The number of hydrogen-bond donors (Lipinski definition) is 3. The molecule has 3 unspecified atom stereocenters. The highest BCUT2D eigenvalue weighted by atomic mass is 16.4. The molecule has 4 heteroatoms. The zero-order valence-corrected chi connectivity index (χ0v) is 11.7. The minimum atomic E-state index is 0.280. The summed E-state index contributed by atoms with van der Waals surface area (Å²) in [6, 6.07) is 0.668. The van der Waals surface area contributed by atoms with E-state index in [9.17, 15) is 0 Å². The minimum absolute atomic E-state index is 0.280. The van der Waals surface area contributed by atoms with Crippen molar-refractivity contribution in [2.75, 3.05) is 6.54 Å². The Kier molecular flexibility index (Phi) is 4.15. The first-order chi connectivity index (χ1) is 8.54. The van der Waals surface area contributed by atoms with Gasteiger partial charge in [-0.05, 0) is 49.4 Å². The predicted octanol–water partition coefficient (Wildman–Crippen LogP) is 2.32. The van der Waals surface area contributed by atoms with Gasteiger partial charge in [0.1, 0.15) is 5.84 Å². The second-order valence-electron chi connectivity index (χ2n) is 6.61. The highest BCUT2D eigenvalue weighted by molar-refractivity contribution is 5.80. The summed E-state index contributed by atoms with van der Waals surface area (Å²) in [6.45, 7) is 5.75. The molecule has 4 nitrogen and oxygen atoms in total. The predicted molar refractivity (Wildman–Crippen MR) is 73.7 cm³/mol. The van der Waals surface area contributed by atoms with E-state index < -0.39 is 0 Å². The van der Waals surface area contributed by atoms with E-state index in [0.29, 0.717) is 11.9 Å². The summed E-state index contributed by atoms with van der Waals surface area (Å²) in [7, 11) is 0. The Bertz CT molecular complexity index is 312. The maximum Gasteiger partial charge on any atom is 0.139 e. The molecule has 0 aromatic heterocycles. The molecule has 18 heavy (non-hydrogen) atoms. The van der Waals surface area contributed by atoms with Crippen molar-refractivity contribution in [3.8, 4) is 0 Å². The Morgan fingerprint density at radius 2 is 2.06 bits per heavy atom. The second-order valence-corrected chi connectivity index (χ2v) is 6.61. The van der Waals surface area contributed by atoms with Gasteiger partial charge < -0.3 is 16.3 Å². The molecule has 4 N–H and O–H groups in total. The van der Waals surface area contributed by atoms with Crippen molar-refractivity contribution in [3.05, 3.63) is 0 Å². The van der Waals surface area contributed by atoms with Gasteiger partial charge in [0.05, 0.1) is 0 Å². The van der Waals surface area contributed by atoms with Crippen molar-refractivity contribution in [2.24, 2.45) is 28.1 Å². The third-order valence-electron chi connectivity index (χ3n) is 5.01. The molecule has 0 spiro atoms. The molecular weight excluding hydrogens is 226 g/mol. The van der Waals surface area contributed by atoms with Crippen LogP contribution in [-0.2, 0) is 0 Å². The molecule has 0 aliphatic heterocycles. The first-order valence-electron chi connectivity index (χ1n) is 7.24. The van der Waals surface area contributed by atoms with E-state index in [-0.39, 0.29) is 5.41 Å². The molecule has 2 rings (SSSR count). The molecule has 2 aliphatic carbocycles. The van der Waals surface area contributed by atoms with Gasteiger partial charge in [-0.2, -0.15) is 0 Å². The number of rotatable bonds is 5. The Morgan fingerprint density at radius 3 is 2.61 bits per heavy atom. The number of nitrogens with one attached hydrogen (secondary N) is 1. The van der Waals surface area contributed by atoms with Gasteiger partial charge in [-0.1, -0.05) is 19.0 Å². The van der Waals surface area contributed by atoms with Crippen LogP contribution in [0.3, 0.4) is 0 Å². The Morgan fingerprint density at radius 1 is 1.33 bits per heavy atom. The second kappa shape index (κ2) is 5.47. The van der Waals surface area contributed by atoms with Crippen LogP contribution in [0.5, 0.6) is 0 Å². The average Bonchev–Trinajstić information content (AvgIpc) is 3.11. The van der Waals surface area contributed by atoms with E-state index in [1.54, 1.807) is 0 Å². The van der Waals surface area contributed by atoms with Gasteiger partial charge in [0.15, 0.2) is 0 Å². The first kappa shape index (κ1) is 13.7. The van der Waals surface area contributed by atoms with Crippen LogP contribution < -0.4 is 11.1 Å². The van der Waals surface area contributed by atoms with Crippen LogP contribution in [0.1, 0.15) is 52.4 Å². The molecule has 2 saturated carbocycles. The largest absolute Gasteiger partial charge is 0.409 e. The molecule has 2 aliphatic rings. The maximum absolute atomic E-state index is 8.65. The van der Waals surface area contributed by atoms with E-state index in [1.165, 1.54) is 32.1 Å². The number of nitrogens with zero attached hydrogens (tertiary/aromatic N) is 1. The summed E-state index contributed by atoms with van der Waals surface area (Å²) in [5.41, 5.74) is 5.90. The lowest BCUT2D eigenvalue weighted by Crippen LogP contribution is -2.40. The van der Waals surface area contributed by atoms with Crippen LogP contribution >= 0.6 is 0 Å². The lowest BCUT2D eigenvalue weighted by atomic mass is 9.79. The van der Waals surface area contributed by atoms with Gasteiger partial charge in [-0.3, -0.25) is 0 Å². The Balaban J connectivity index is 1.75. The van der Waals surface area contributed by atoms with E-state index in [4.69, 9.17) is 10.9 Å². The molecule has 104 valence electrons. The summed E-state index contributed by atoms with van der Waals surface area (Å²) in [5.74, 6) is 2.07. The highest BCUT2D eigenvalue weighted by Crippen LogP contribution is 2.48. The topological polar surface area (TPSA) is 70.6 Å². The standard InChI is InChI=1S/C14H27N3O/c1-10-3-4-12(7-11(10)2)16-9-14(5-6-14)8-13(15)17-18/h10-12,16,18H,3-9H2,1-2H3,(H2,15,17). The van der Waals surface area contributed by atoms with Crippen molar-refractivity contribution in [3.63, 3.8) is 0 Å². The number of amidine groups is 1. The van der Waals surface area contributed by atoms with Crippen molar-refractivity contribution in [1.29, 1.82) is 0 Å². The van der Waals surface area contributed by atoms with Crippen molar-refractivity contribution < 1.29 is 5.21 Å². The fourth-order valence-corrected chi connectivity index (χ4v) is 3.11. The number of nitrogens with two attached hydrogens (primary N) is 1. The monoisotopic (exact) mass is 253 g/mol.